The van der Waals surface area contributed by atoms with Crippen molar-refractivity contribution in [3.8, 4) is 0 Å². The highest BCUT2D eigenvalue weighted by Gasteiger charge is 2.17. The Morgan fingerprint density at radius 1 is 1.27 bits per heavy atom. The van der Waals surface area contributed by atoms with Crippen molar-refractivity contribution in [1.82, 2.24) is 0 Å². The minimum Gasteiger partial charge on any atom is -0.0804 e. The second-order valence-corrected chi connectivity index (χ2v) is 3.12. The largest absolute Gasteiger partial charge is 0.0804 e. The van der Waals surface area contributed by atoms with Crippen LogP contribution in [0.15, 0.2) is 47.6 Å². The predicted octanol–water partition coefficient (Wildman–Crippen LogP) is 3.01. The summed E-state index contributed by atoms with van der Waals surface area (Å²) in [5, 5.41) is 0. The molecular formula is C11H12. The molecule has 0 N–H and O–H groups in total. The molecule has 0 saturated heterocycles. The van der Waals surface area contributed by atoms with Gasteiger partial charge in [0.25, 0.3) is 0 Å². The third kappa shape index (κ3) is 1.09. The molecule has 0 aromatic rings. The molecule has 0 aromatic carbocycles. The van der Waals surface area contributed by atoms with Crippen molar-refractivity contribution >= 4 is 0 Å². The van der Waals surface area contributed by atoms with Crippen molar-refractivity contribution in [3.63, 3.8) is 0 Å². The van der Waals surface area contributed by atoms with Gasteiger partial charge in [-0.15, -0.1) is 0 Å². The second kappa shape index (κ2) is 2.54. The van der Waals surface area contributed by atoms with Gasteiger partial charge in [0.2, 0.25) is 0 Å². The SMILES string of the molecule is CC1=CCC2C=CC=CC=C12. The molecular weight excluding hydrogens is 132 g/mol. The van der Waals surface area contributed by atoms with Gasteiger partial charge in [0.15, 0.2) is 0 Å². The van der Waals surface area contributed by atoms with Gasteiger partial charge >= 0.3 is 0 Å². The average molecular weight is 144 g/mol. The lowest BCUT2D eigenvalue weighted by atomic mass is 9.99. The molecule has 2 rings (SSSR count). The molecule has 56 valence electrons. The van der Waals surface area contributed by atoms with E-state index >= 15 is 0 Å². The Morgan fingerprint density at radius 2 is 2.18 bits per heavy atom. The van der Waals surface area contributed by atoms with Crippen molar-refractivity contribution < 1.29 is 0 Å². The molecule has 0 aliphatic heterocycles. The Hall–Kier alpha value is -1.04. The van der Waals surface area contributed by atoms with Crippen LogP contribution in [0, 0.1) is 5.92 Å². The zero-order chi connectivity index (χ0) is 7.68. The molecule has 1 atom stereocenters. The van der Waals surface area contributed by atoms with E-state index in [1.165, 1.54) is 17.6 Å². The van der Waals surface area contributed by atoms with Gasteiger partial charge in [-0.05, 0) is 18.9 Å². The summed E-state index contributed by atoms with van der Waals surface area (Å²) in [6, 6.07) is 0. The summed E-state index contributed by atoms with van der Waals surface area (Å²) < 4.78 is 0. The molecule has 0 fully saturated rings. The summed E-state index contributed by atoms with van der Waals surface area (Å²) >= 11 is 0. The molecule has 2 aliphatic rings. The quantitative estimate of drug-likeness (QED) is 0.490. The normalized spacial score (nSPS) is 27.5. The first kappa shape index (κ1) is 6.66. The Bertz CT molecular complexity index is 274. The summed E-state index contributed by atoms with van der Waals surface area (Å²) in [6.45, 7) is 2.19. The summed E-state index contributed by atoms with van der Waals surface area (Å²) in [6.07, 6.45) is 14.4. The lowest BCUT2D eigenvalue weighted by Crippen LogP contribution is -1.92. The summed E-state index contributed by atoms with van der Waals surface area (Å²) in [5.74, 6) is 0.657. The highest BCUT2D eigenvalue weighted by atomic mass is 14.2. The van der Waals surface area contributed by atoms with Crippen LogP contribution in [0.25, 0.3) is 0 Å². The Labute approximate surface area is 67.6 Å². The Morgan fingerprint density at radius 3 is 3.09 bits per heavy atom. The first-order valence-electron chi connectivity index (χ1n) is 4.10. The third-order valence-corrected chi connectivity index (χ3v) is 2.37. The fraction of sp³-hybridized carbons (Fsp3) is 0.273. The molecule has 0 radical (unpaired) electrons. The van der Waals surface area contributed by atoms with Crippen LogP contribution in [0.3, 0.4) is 0 Å². The molecule has 0 aromatic heterocycles. The monoisotopic (exact) mass is 144 g/mol. The van der Waals surface area contributed by atoms with E-state index in [-0.39, 0.29) is 0 Å². The lowest BCUT2D eigenvalue weighted by molar-refractivity contribution is 0.830. The van der Waals surface area contributed by atoms with E-state index in [4.69, 9.17) is 0 Å². The van der Waals surface area contributed by atoms with Crippen molar-refractivity contribution in [2.45, 2.75) is 13.3 Å². The molecule has 0 heteroatoms. The molecule has 0 spiro atoms. The molecule has 1 unspecified atom stereocenters. The zero-order valence-corrected chi connectivity index (χ0v) is 6.75. The maximum atomic E-state index is 2.32. The maximum Gasteiger partial charge on any atom is 0.00583 e. The highest BCUT2D eigenvalue weighted by Crippen LogP contribution is 2.32. The van der Waals surface area contributed by atoms with E-state index in [2.05, 4.69) is 43.4 Å². The predicted molar refractivity (Wildman–Crippen MR) is 48.2 cm³/mol. The molecule has 0 nitrogen and oxygen atoms in total. The first-order valence-corrected chi connectivity index (χ1v) is 4.10. The van der Waals surface area contributed by atoms with Gasteiger partial charge in [0.1, 0.15) is 0 Å². The number of rotatable bonds is 0. The lowest BCUT2D eigenvalue weighted by Gasteiger charge is -2.05. The summed E-state index contributed by atoms with van der Waals surface area (Å²) in [5.41, 5.74) is 2.95. The molecule has 2 aliphatic carbocycles. The fourth-order valence-electron chi connectivity index (χ4n) is 1.70. The van der Waals surface area contributed by atoms with Gasteiger partial charge in [0, 0.05) is 5.92 Å². The van der Waals surface area contributed by atoms with Crippen LogP contribution in [0.5, 0.6) is 0 Å². The molecule has 0 heterocycles. The summed E-state index contributed by atoms with van der Waals surface area (Å²) in [4.78, 5) is 0. The van der Waals surface area contributed by atoms with E-state index in [1.807, 2.05) is 0 Å². The molecule has 0 amide bonds. The second-order valence-electron chi connectivity index (χ2n) is 3.12. The van der Waals surface area contributed by atoms with Gasteiger partial charge in [-0.3, -0.25) is 0 Å². The molecule has 0 bridgehead atoms. The Kier molecular flexibility index (Phi) is 1.54. The Balaban J connectivity index is 2.38. The molecule has 11 heavy (non-hydrogen) atoms. The number of hydrogen-bond donors (Lipinski definition) is 0. The highest BCUT2D eigenvalue weighted by molar-refractivity contribution is 5.43. The minimum absolute atomic E-state index is 0.657. The van der Waals surface area contributed by atoms with Crippen LogP contribution >= 0.6 is 0 Å². The van der Waals surface area contributed by atoms with Crippen molar-refractivity contribution in [3.05, 3.63) is 47.6 Å². The fourth-order valence-corrected chi connectivity index (χ4v) is 1.70. The van der Waals surface area contributed by atoms with Crippen molar-refractivity contribution in [1.29, 1.82) is 0 Å². The minimum atomic E-state index is 0.657. The van der Waals surface area contributed by atoms with Gasteiger partial charge in [-0.1, -0.05) is 42.0 Å². The number of allylic oxidation sites excluding steroid dienone is 8. The van der Waals surface area contributed by atoms with Gasteiger partial charge in [-0.2, -0.15) is 0 Å². The van der Waals surface area contributed by atoms with E-state index in [1.54, 1.807) is 0 Å². The van der Waals surface area contributed by atoms with Gasteiger partial charge in [0.05, 0.1) is 0 Å². The van der Waals surface area contributed by atoms with Crippen LogP contribution in [0.2, 0.25) is 0 Å². The van der Waals surface area contributed by atoms with E-state index in [0.29, 0.717) is 5.92 Å². The smallest absolute Gasteiger partial charge is 0.00583 e. The van der Waals surface area contributed by atoms with E-state index in [0.717, 1.165) is 0 Å². The van der Waals surface area contributed by atoms with Crippen LogP contribution in [-0.4, -0.2) is 0 Å². The number of fused-ring (bicyclic) bond motifs is 1. The van der Waals surface area contributed by atoms with Crippen LogP contribution in [0.1, 0.15) is 13.3 Å². The van der Waals surface area contributed by atoms with Crippen molar-refractivity contribution in [2.24, 2.45) is 5.92 Å². The first-order chi connectivity index (χ1) is 5.38. The zero-order valence-electron chi connectivity index (χ0n) is 6.75. The van der Waals surface area contributed by atoms with Gasteiger partial charge < -0.3 is 0 Å². The number of hydrogen-bond acceptors (Lipinski definition) is 0. The topological polar surface area (TPSA) is 0 Å². The maximum absolute atomic E-state index is 2.32. The van der Waals surface area contributed by atoms with Crippen molar-refractivity contribution in [2.75, 3.05) is 0 Å². The van der Waals surface area contributed by atoms with Gasteiger partial charge in [-0.25, -0.2) is 0 Å². The van der Waals surface area contributed by atoms with E-state index in [9.17, 15) is 0 Å². The average Bonchev–Trinajstić information content (AvgIpc) is 2.25. The molecule has 0 saturated carbocycles. The van der Waals surface area contributed by atoms with Crippen LogP contribution in [-0.2, 0) is 0 Å². The van der Waals surface area contributed by atoms with Crippen LogP contribution in [0.4, 0.5) is 0 Å². The van der Waals surface area contributed by atoms with E-state index < -0.39 is 0 Å². The standard InChI is InChI=1S/C11H12/c1-9-7-8-10-5-3-2-4-6-11(9)10/h2-7,10H,8H2,1H3. The third-order valence-electron chi connectivity index (χ3n) is 2.37. The summed E-state index contributed by atoms with van der Waals surface area (Å²) in [7, 11) is 0. The van der Waals surface area contributed by atoms with Crippen LogP contribution < -0.4 is 0 Å².